The largest absolute Gasteiger partial charge is 0.416 e. The van der Waals surface area contributed by atoms with E-state index in [-0.39, 0.29) is 5.82 Å². The molecule has 0 aliphatic heterocycles. The Bertz CT molecular complexity index is 666. The lowest BCUT2D eigenvalue weighted by atomic mass is 10.2. The number of hydrogen-bond acceptors (Lipinski definition) is 3. The zero-order valence-electron chi connectivity index (χ0n) is 9.27. The zero-order chi connectivity index (χ0) is 14.1. The average molecular weight is 291 g/mol. The van der Waals surface area contributed by atoms with Gasteiger partial charge in [0.15, 0.2) is 0 Å². The highest BCUT2D eigenvalue weighted by Gasteiger charge is 2.31. The van der Waals surface area contributed by atoms with Gasteiger partial charge in [-0.15, -0.1) is 0 Å². The van der Waals surface area contributed by atoms with Gasteiger partial charge in [-0.2, -0.15) is 18.3 Å². The van der Waals surface area contributed by atoms with Gasteiger partial charge in [0.1, 0.15) is 5.82 Å². The Kier molecular flexibility index (Phi) is 3.23. The molecule has 0 bridgehead atoms. The summed E-state index contributed by atoms with van der Waals surface area (Å²) in [6.45, 7) is 0. The first-order valence-electron chi connectivity index (χ1n) is 4.98. The number of aromatic amines is 1. The maximum atomic E-state index is 12.5. The first-order valence-corrected chi connectivity index (χ1v) is 6.47. The van der Waals surface area contributed by atoms with E-state index >= 15 is 0 Å². The van der Waals surface area contributed by atoms with Crippen molar-refractivity contribution in [2.24, 2.45) is 0 Å². The van der Waals surface area contributed by atoms with Gasteiger partial charge in [-0.1, -0.05) is 6.07 Å². The molecule has 0 saturated carbocycles. The molecule has 0 saturated heterocycles. The lowest BCUT2D eigenvalue weighted by molar-refractivity contribution is -0.137. The summed E-state index contributed by atoms with van der Waals surface area (Å²) >= 11 is 0. The van der Waals surface area contributed by atoms with Crippen LogP contribution in [-0.4, -0.2) is 18.6 Å². The third kappa shape index (κ3) is 3.05. The molecule has 2 N–H and O–H groups in total. The Morgan fingerprint density at radius 1 is 1.21 bits per heavy atom. The molecule has 0 fully saturated rings. The van der Waals surface area contributed by atoms with Crippen molar-refractivity contribution in [3.8, 4) is 0 Å². The van der Waals surface area contributed by atoms with Crippen molar-refractivity contribution in [2.45, 2.75) is 11.1 Å². The van der Waals surface area contributed by atoms with Crippen molar-refractivity contribution >= 4 is 15.8 Å². The van der Waals surface area contributed by atoms with E-state index in [9.17, 15) is 21.6 Å². The second-order valence-electron chi connectivity index (χ2n) is 3.60. The highest BCUT2D eigenvalue weighted by molar-refractivity contribution is 7.92. The molecule has 5 nitrogen and oxygen atoms in total. The predicted molar refractivity (Wildman–Crippen MR) is 60.8 cm³/mol. The first-order chi connectivity index (χ1) is 8.79. The molecule has 2 rings (SSSR count). The summed E-state index contributed by atoms with van der Waals surface area (Å²) < 4.78 is 63.3. The molecule has 0 aliphatic carbocycles. The van der Waals surface area contributed by atoms with Crippen LogP contribution in [0.4, 0.5) is 19.0 Å². The quantitative estimate of drug-likeness (QED) is 0.910. The van der Waals surface area contributed by atoms with Crippen molar-refractivity contribution in [3.63, 3.8) is 0 Å². The molecule has 2 aromatic rings. The molecule has 1 heterocycles. The molecule has 19 heavy (non-hydrogen) atoms. The van der Waals surface area contributed by atoms with Crippen LogP contribution in [0.1, 0.15) is 5.56 Å². The van der Waals surface area contributed by atoms with Gasteiger partial charge < -0.3 is 0 Å². The number of H-pyrrole nitrogens is 1. The maximum Gasteiger partial charge on any atom is 0.416 e. The number of rotatable bonds is 3. The molecular formula is C10H8F3N3O2S. The van der Waals surface area contributed by atoms with Crippen LogP contribution in [0.25, 0.3) is 0 Å². The number of halogens is 3. The van der Waals surface area contributed by atoms with Crippen molar-refractivity contribution in [3.05, 3.63) is 42.1 Å². The van der Waals surface area contributed by atoms with E-state index in [0.717, 1.165) is 18.2 Å². The van der Waals surface area contributed by atoms with Gasteiger partial charge in [-0.3, -0.25) is 9.82 Å². The van der Waals surface area contributed by atoms with E-state index in [1.807, 2.05) is 0 Å². The molecule has 102 valence electrons. The van der Waals surface area contributed by atoms with Crippen LogP contribution >= 0.6 is 0 Å². The fourth-order valence-corrected chi connectivity index (χ4v) is 2.42. The third-order valence-corrected chi connectivity index (χ3v) is 3.58. The molecule has 0 atom stereocenters. The van der Waals surface area contributed by atoms with Crippen LogP contribution in [0.2, 0.25) is 0 Å². The number of sulfonamides is 1. The summed E-state index contributed by atoms with van der Waals surface area (Å²) in [5.74, 6) is 0.0670. The van der Waals surface area contributed by atoms with Crippen molar-refractivity contribution in [1.29, 1.82) is 0 Å². The lowest BCUT2D eigenvalue weighted by Gasteiger charge is -2.09. The second-order valence-corrected chi connectivity index (χ2v) is 5.28. The summed E-state index contributed by atoms with van der Waals surface area (Å²) in [7, 11) is -4.09. The van der Waals surface area contributed by atoms with E-state index in [1.54, 1.807) is 0 Å². The van der Waals surface area contributed by atoms with E-state index < -0.39 is 26.7 Å². The van der Waals surface area contributed by atoms with Crippen LogP contribution in [0, 0.1) is 0 Å². The fraction of sp³-hybridized carbons (Fsp3) is 0.100. The van der Waals surface area contributed by atoms with Gasteiger partial charge in [0.2, 0.25) is 0 Å². The van der Waals surface area contributed by atoms with Gasteiger partial charge in [-0.05, 0) is 18.2 Å². The minimum atomic E-state index is -4.60. The van der Waals surface area contributed by atoms with Crippen molar-refractivity contribution in [2.75, 3.05) is 4.72 Å². The zero-order valence-corrected chi connectivity index (χ0v) is 10.1. The summed E-state index contributed by atoms with van der Waals surface area (Å²) in [4.78, 5) is -0.475. The van der Waals surface area contributed by atoms with Crippen LogP contribution in [0.15, 0.2) is 41.4 Å². The summed E-state index contributed by atoms with van der Waals surface area (Å²) in [6.07, 6.45) is -3.29. The van der Waals surface area contributed by atoms with Gasteiger partial charge in [-0.25, -0.2) is 8.42 Å². The molecule has 0 spiro atoms. The smallest absolute Gasteiger partial charge is 0.264 e. The van der Waals surface area contributed by atoms with Gasteiger partial charge in [0.05, 0.1) is 16.7 Å². The highest BCUT2D eigenvalue weighted by Crippen LogP contribution is 2.30. The number of hydrogen-bond donors (Lipinski definition) is 2. The second kappa shape index (κ2) is 4.57. The van der Waals surface area contributed by atoms with Gasteiger partial charge in [0.25, 0.3) is 10.0 Å². The SMILES string of the molecule is O=S(=O)(Nc1ccn[nH]1)c1cccc(C(F)(F)F)c1. The molecular weight excluding hydrogens is 283 g/mol. The first kappa shape index (κ1) is 13.4. The molecule has 0 unspecified atom stereocenters. The summed E-state index contributed by atoms with van der Waals surface area (Å²) in [6, 6.07) is 4.82. The normalized spacial score (nSPS) is 12.4. The molecule has 0 amide bonds. The molecule has 1 aromatic carbocycles. The van der Waals surface area contributed by atoms with Crippen LogP contribution < -0.4 is 4.72 Å². The topological polar surface area (TPSA) is 74.8 Å². The molecule has 9 heteroatoms. The van der Waals surface area contributed by atoms with Crippen molar-refractivity contribution in [1.82, 2.24) is 10.2 Å². The predicted octanol–water partition coefficient (Wildman–Crippen LogP) is 2.23. The molecule has 0 radical (unpaired) electrons. The molecule has 1 aromatic heterocycles. The number of anilines is 1. The Morgan fingerprint density at radius 2 is 1.95 bits per heavy atom. The maximum absolute atomic E-state index is 12.5. The minimum Gasteiger partial charge on any atom is -0.264 e. The lowest BCUT2D eigenvalue weighted by Crippen LogP contribution is -2.14. The number of alkyl halides is 3. The summed E-state index contributed by atoms with van der Waals surface area (Å²) in [5, 5.41) is 5.87. The number of nitrogens with one attached hydrogen (secondary N) is 2. The Labute approximate surface area is 106 Å². The van der Waals surface area contributed by atoms with E-state index in [2.05, 4.69) is 14.9 Å². The Morgan fingerprint density at radius 3 is 2.53 bits per heavy atom. The van der Waals surface area contributed by atoms with Gasteiger partial charge >= 0.3 is 6.18 Å². The standard InChI is InChI=1S/C10H8F3N3O2S/c11-10(12,13)7-2-1-3-8(6-7)19(17,18)16-9-4-5-14-15-9/h1-6H,(H2,14,15,16). The summed E-state index contributed by atoms with van der Waals surface area (Å²) in [5.41, 5.74) is -1.03. The van der Waals surface area contributed by atoms with Crippen molar-refractivity contribution < 1.29 is 21.6 Å². The Hall–Kier alpha value is -2.03. The monoisotopic (exact) mass is 291 g/mol. The molecule has 0 aliphatic rings. The van der Waals surface area contributed by atoms with Crippen LogP contribution in [0.3, 0.4) is 0 Å². The van der Waals surface area contributed by atoms with Gasteiger partial charge in [0, 0.05) is 6.07 Å². The minimum absolute atomic E-state index is 0.0670. The number of aromatic nitrogens is 2. The average Bonchev–Trinajstić information content (AvgIpc) is 2.80. The number of benzene rings is 1. The van der Waals surface area contributed by atoms with E-state index in [4.69, 9.17) is 0 Å². The third-order valence-electron chi connectivity index (χ3n) is 2.22. The van der Waals surface area contributed by atoms with E-state index in [0.29, 0.717) is 6.07 Å². The van der Waals surface area contributed by atoms with Crippen LogP contribution in [-0.2, 0) is 16.2 Å². The Balaban J connectivity index is 2.36. The number of nitrogens with zero attached hydrogens (tertiary/aromatic N) is 1. The highest BCUT2D eigenvalue weighted by atomic mass is 32.2. The van der Waals surface area contributed by atoms with E-state index in [1.165, 1.54) is 12.3 Å². The fourth-order valence-electron chi connectivity index (χ4n) is 1.36. The van der Waals surface area contributed by atoms with Crippen LogP contribution in [0.5, 0.6) is 0 Å².